The van der Waals surface area contributed by atoms with Crippen LogP contribution in [0.4, 0.5) is 0 Å². The molecule has 0 aromatic heterocycles. The lowest BCUT2D eigenvalue weighted by Crippen LogP contribution is -2.40. The van der Waals surface area contributed by atoms with Gasteiger partial charge in [0.05, 0.1) is 12.5 Å². The lowest BCUT2D eigenvalue weighted by Gasteiger charge is -2.31. The number of amides is 2. The van der Waals surface area contributed by atoms with Crippen molar-refractivity contribution >= 4 is 24.2 Å². The van der Waals surface area contributed by atoms with E-state index < -0.39 is 0 Å². The van der Waals surface area contributed by atoms with Crippen molar-refractivity contribution in [3.05, 3.63) is 35.4 Å². The SMILES string of the molecule is CNCC(=O)NCc1cccc(CN2CCCC(C(N)=O)C2)c1.Cl. The molecule has 134 valence electrons. The van der Waals surface area contributed by atoms with Crippen LogP contribution in [0.15, 0.2) is 24.3 Å². The van der Waals surface area contributed by atoms with Crippen LogP contribution >= 0.6 is 12.4 Å². The molecular formula is C17H27ClN4O2. The number of nitrogens with zero attached hydrogens (tertiary/aromatic N) is 1. The van der Waals surface area contributed by atoms with E-state index in [0.717, 1.165) is 38.0 Å². The molecule has 7 heteroatoms. The molecule has 1 aliphatic heterocycles. The molecule has 0 saturated carbocycles. The van der Waals surface area contributed by atoms with Crippen molar-refractivity contribution in [3.8, 4) is 0 Å². The monoisotopic (exact) mass is 354 g/mol. The average Bonchev–Trinajstić information content (AvgIpc) is 2.54. The number of piperidine rings is 1. The third kappa shape index (κ3) is 6.47. The van der Waals surface area contributed by atoms with Crippen LogP contribution < -0.4 is 16.4 Å². The van der Waals surface area contributed by atoms with E-state index in [0.29, 0.717) is 13.1 Å². The second-order valence-electron chi connectivity index (χ2n) is 6.10. The maximum absolute atomic E-state index is 11.5. The third-order valence-electron chi connectivity index (χ3n) is 4.13. The molecule has 2 rings (SSSR count). The van der Waals surface area contributed by atoms with Gasteiger partial charge in [0.15, 0.2) is 0 Å². The molecular weight excluding hydrogens is 328 g/mol. The van der Waals surface area contributed by atoms with Gasteiger partial charge in [-0.2, -0.15) is 0 Å². The molecule has 0 bridgehead atoms. The topological polar surface area (TPSA) is 87.5 Å². The van der Waals surface area contributed by atoms with E-state index in [-0.39, 0.29) is 30.1 Å². The largest absolute Gasteiger partial charge is 0.369 e. The summed E-state index contributed by atoms with van der Waals surface area (Å²) in [5.74, 6) is -0.248. The first-order valence-electron chi connectivity index (χ1n) is 8.09. The lowest BCUT2D eigenvalue weighted by atomic mass is 9.97. The molecule has 1 aromatic rings. The van der Waals surface area contributed by atoms with Crippen molar-refractivity contribution in [2.24, 2.45) is 11.7 Å². The molecule has 2 amide bonds. The minimum Gasteiger partial charge on any atom is -0.369 e. The fourth-order valence-corrected chi connectivity index (χ4v) is 2.95. The van der Waals surface area contributed by atoms with E-state index in [4.69, 9.17) is 5.73 Å². The molecule has 0 radical (unpaired) electrons. The quantitative estimate of drug-likeness (QED) is 0.670. The van der Waals surface area contributed by atoms with E-state index in [1.165, 1.54) is 5.56 Å². The van der Waals surface area contributed by atoms with E-state index in [9.17, 15) is 9.59 Å². The van der Waals surface area contributed by atoms with Gasteiger partial charge in [-0.1, -0.05) is 24.3 Å². The molecule has 1 fully saturated rings. The summed E-state index contributed by atoms with van der Waals surface area (Å²) >= 11 is 0. The van der Waals surface area contributed by atoms with E-state index >= 15 is 0 Å². The standard InChI is InChI=1S/C17H26N4O2.ClH/c1-19-10-16(22)20-9-13-4-2-5-14(8-13)11-21-7-3-6-15(12-21)17(18)23;/h2,4-5,8,15,19H,3,6-7,9-12H2,1H3,(H2,18,23)(H,20,22);1H. The van der Waals surface area contributed by atoms with Crippen molar-refractivity contribution < 1.29 is 9.59 Å². The number of carbonyl (C=O) groups is 2. The molecule has 0 aliphatic carbocycles. The number of carbonyl (C=O) groups excluding carboxylic acids is 2. The first-order chi connectivity index (χ1) is 11.1. The number of hydrogen-bond acceptors (Lipinski definition) is 4. The fourth-order valence-electron chi connectivity index (χ4n) is 2.95. The second-order valence-corrected chi connectivity index (χ2v) is 6.10. The van der Waals surface area contributed by atoms with Gasteiger partial charge in [-0.25, -0.2) is 0 Å². The van der Waals surface area contributed by atoms with Crippen LogP contribution in [0.5, 0.6) is 0 Å². The van der Waals surface area contributed by atoms with Crippen molar-refractivity contribution in [3.63, 3.8) is 0 Å². The minimum absolute atomic E-state index is 0. The number of benzene rings is 1. The Labute approximate surface area is 149 Å². The Balaban J connectivity index is 0.00000288. The zero-order valence-electron chi connectivity index (χ0n) is 14.1. The predicted octanol–water partition coefficient (Wildman–Crippen LogP) is 0.641. The number of nitrogens with one attached hydrogen (secondary N) is 2. The van der Waals surface area contributed by atoms with Crippen LogP contribution in [0.2, 0.25) is 0 Å². The van der Waals surface area contributed by atoms with Gasteiger partial charge < -0.3 is 16.4 Å². The highest BCUT2D eigenvalue weighted by atomic mass is 35.5. The highest BCUT2D eigenvalue weighted by Gasteiger charge is 2.23. The van der Waals surface area contributed by atoms with Crippen LogP contribution in [-0.2, 0) is 22.7 Å². The van der Waals surface area contributed by atoms with Gasteiger partial charge in [0, 0.05) is 19.6 Å². The zero-order valence-corrected chi connectivity index (χ0v) is 14.9. The zero-order chi connectivity index (χ0) is 16.7. The summed E-state index contributed by atoms with van der Waals surface area (Å²) in [6, 6.07) is 8.19. The Hall–Kier alpha value is -1.63. The van der Waals surface area contributed by atoms with Crippen LogP contribution in [0.1, 0.15) is 24.0 Å². The van der Waals surface area contributed by atoms with Crippen molar-refractivity contribution in [1.29, 1.82) is 0 Å². The van der Waals surface area contributed by atoms with Gasteiger partial charge in [-0.3, -0.25) is 14.5 Å². The van der Waals surface area contributed by atoms with Gasteiger partial charge in [0.2, 0.25) is 11.8 Å². The predicted molar refractivity (Wildman–Crippen MR) is 96.7 cm³/mol. The Morgan fingerprint density at radius 1 is 1.33 bits per heavy atom. The first kappa shape index (κ1) is 20.4. The maximum atomic E-state index is 11.5. The van der Waals surface area contributed by atoms with Crippen LogP contribution in [0, 0.1) is 5.92 Å². The summed E-state index contributed by atoms with van der Waals surface area (Å²) in [5, 5.41) is 5.70. The molecule has 1 saturated heterocycles. The number of hydrogen-bond donors (Lipinski definition) is 3. The van der Waals surface area contributed by atoms with Crippen LogP contribution in [-0.4, -0.2) is 43.4 Å². The summed E-state index contributed by atoms with van der Waals surface area (Å²) in [4.78, 5) is 25.1. The van der Waals surface area contributed by atoms with Gasteiger partial charge in [0.1, 0.15) is 0 Å². The Morgan fingerprint density at radius 3 is 2.79 bits per heavy atom. The Bertz CT molecular complexity index is 553. The van der Waals surface area contributed by atoms with Gasteiger partial charge in [-0.15, -0.1) is 12.4 Å². The number of halogens is 1. The smallest absolute Gasteiger partial charge is 0.234 e. The molecule has 4 N–H and O–H groups in total. The highest BCUT2D eigenvalue weighted by Crippen LogP contribution is 2.18. The number of likely N-dealkylation sites (tertiary alicyclic amines) is 1. The number of primary amides is 1. The minimum atomic E-state index is -0.198. The molecule has 24 heavy (non-hydrogen) atoms. The first-order valence-corrected chi connectivity index (χ1v) is 8.09. The molecule has 1 heterocycles. The molecule has 1 aromatic carbocycles. The van der Waals surface area contributed by atoms with E-state index in [2.05, 4.69) is 27.7 Å². The molecule has 1 atom stereocenters. The highest BCUT2D eigenvalue weighted by molar-refractivity contribution is 5.85. The summed E-state index contributed by atoms with van der Waals surface area (Å²) in [6.45, 7) is 3.38. The molecule has 6 nitrogen and oxygen atoms in total. The summed E-state index contributed by atoms with van der Waals surface area (Å²) in [7, 11) is 1.75. The molecule has 1 aliphatic rings. The summed E-state index contributed by atoms with van der Waals surface area (Å²) in [5.41, 5.74) is 7.70. The van der Waals surface area contributed by atoms with E-state index in [1.807, 2.05) is 12.1 Å². The molecule has 1 unspecified atom stereocenters. The third-order valence-corrected chi connectivity index (χ3v) is 4.13. The van der Waals surface area contributed by atoms with Gasteiger partial charge in [0.25, 0.3) is 0 Å². The van der Waals surface area contributed by atoms with Gasteiger partial charge in [-0.05, 0) is 37.6 Å². The number of nitrogens with two attached hydrogens (primary N) is 1. The lowest BCUT2D eigenvalue weighted by molar-refractivity contribution is -0.123. The Morgan fingerprint density at radius 2 is 2.08 bits per heavy atom. The van der Waals surface area contributed by atoms with Gasteiger partial charge >= 0.3 is 0 Å². The average molecular weight is 355 g/mol. The van der Waals surface area contributed by atoms with Crippen molar-refractivity contribution in [2.45, 2.75) is 25.9 Å². The van der Waals surface area contributed by atoms with E-state index in [1.54, 1.807) is 7.05 Å². The second kappa shape index (κ2) is 10.3. The number of likely N-dealkylation sites (N-methyl/N-ethyl adjacent to an activating group) is 1. The summed E-state index contributed by atoms with van der Waals surface area (Å²) in [6.07, 6.45) is 1.90. The maximum Gasteiger partial charge on any atom is 0.234 e. The van der Waals surface area contributed by atoms with Crippen LogP contribution in [0.25, 0.3) is 0 Å². The normalized spacial score (nSPS) is 17.8. The Kier molecular flexibility index (Phi) is 8.74. The molecule has 0 spiro atoms. The van der Waals surface area contributed by atoms with Crippen molar-refractivity contribution in [2.75, 3.05) is 26.7 Å². The number of rotatable bonds is 7. The fraction of sp³-hybridized carbons (Fsp3) is 0.529. The summed E-state index contributed by atoms with van der Waals surface area (Å²) < 4.78 is 0. The van der Waals surface area contributed by atoms with Crippen LogP contribution in [0.3, 0.4) is 0 Å². The van der Waals surface area contributed by atoms with Crippen molar-refractivity contribution in [1.82, 2.24) is 15.5 Å².